The molecule has 0 aliphatic rings. The summed E-state index contributed by atoms with van der Waals surface area (Å²) in [7, 11) is 0. The first-order valence-corrected chi connectivity index (χ1v) is 5.97. The lowest BCUT2D eigenvalue weighted by Gasteiger charge is -2.16. The molecule has 1 rings (SSSR count). The van der Waals surface area contributed by atoms with Gasteiger partial charge in [-0.1, -0.05) is 6.07 Å². The van der Waals surface area contributed by atoms with Crippen molar-refractivity contribution >= 4 is 34.5 Å². The molecule has 1 aromatic carbocycles. The molecule has 0 aliphatic heterocycles. The largest absolute Gasteiger partial charge is 0.480 e. The molecule has 6 heteroatoms. The Labute approximate surface area is 112 Å². The van der Waals surface area contributed by atoms with Crippen molar-refractivity contribution in [1.82, 2.24) is 5.32 Å². The molecule has 1 aromatic rings. The van der Waals surface area contributed by atoms with E-state index in [1.54, 1.807) is 18.2 Å². The van der Waals surface area contributed by atoms with Crippen molar-refractivity contribution in [2.24, 2.45) is 0 Å². The third kappa shape index (κ3) is 3.97. The average Bonchev–Trinajstić information content (AvgIpc) is 2.24. The van der Waals surface area contributed by atoms with Gasteiger partial charge in [0.25, 0.3) is 5.91 Å². The van der Waals surface area contributed by atoms with Crippen LogP contribution >= 0.6 is 22.6 Å². The third-order valence-electron chi connectivity index (χ3n) is 2.12. The van der Waals surface area contributed by atoms with Crippen LogP contribution in [-0.4, -0.2) is 34.2 Å². The normalized spacial score (nSPS) is 13.8. The number of aliphatic hydroxyl groups is 1. The molecule has 3 N–H and O–H groups in total. The fourth-order valence-corrected chi connectivity index (χ4v) is 1.79. The van der Waals surface area contributed by atoms with Gasteiger partial charge in [0.15, 0.2) is 6.04 Å². The fraction of sp³-hybridized carbons (Fsp3) is 0.273. The van der Waals surface area contributed by atoms with Crippen LogP contribution in [0.25, 0.3) is 0 Å². The number of carboxylic acids is 1. The first-order valence-electron chi connectivity index (χ1n) is 4.89. The van der Waals surface area contributed by atoms with Crippen LogP contribution in [0, 0.1) is 3.57 Å². The van der Waals surface area contributed by atoms with Crippen molar-refractivity contribution in [2.75, 3.05) is 0 Å². The minimum Gasteiger partial charge on any atom is -0.480 e. The summed E-state index contributed by atoms with van der Waals surface area (Å²) < 4.78 is 0.874. The van der Waals surface area contributed by atoms with Crippen LogP contribution in [0.4, 0.5) is 0 Å². The Morgan fingerprint density at radius 1 is 1.41 bits per heavy atom. The van der Waals surface area contributed by atoms with Crippen LogP contribution in [0.5, 0.6) is 0 Å². The Bertz CT molecular complexity index is 433. The molecule has 1 amide bonds. The predicted octanol–water partition coefficient (Wildman–Crippen LogP) is 0.855. The zero-order valence-electron chi connectivity index (χ0n) is 9.05. The molecular weight excluding hydrogens is 337 g/mol. The minimum absolute atomic E-state index is 0.365. The Morgan fingerprint density at radius 3 is 2.53 bits per heavy atom. The van der Waals surface area contributed by atoms with Gasteiger partial charge in [-0.25, -0.2) is 4.79 Å². The number of hydrogen-bond donors (Lipinski definition) is 3. The highest BCUT2D eigenvalue weighted by atomic mass is 127. The average molecular weight is 349 g/mol. The molecular formula is C11H12INO4. The van der Waals surface area contributed by atoms with Crippen LogP contribution in [0.1, 0.15) is 17.3 Å². The van der Waals surface area contributed by atoms with E-state index in [0.717, 1.165) is 3.57 Å². The Balaban J connectivity index is 2.81. The lowest BCUT2D eigenvalue weighted by atomic mass is 10.1. The number of aliphatic hydroxyl groups excluding tert-OH is 1. The maximum Gasteiger partial charge on any atom is 0.328 e. The van der Waals surface area contributed by atoms with Crippen LogP contribution in [0.15, 0.2) is 24.3 Å². The number of hydrogen-bond acceptors (Lipinski definition) is 3. The van der Waals surface area contributed by atoms with Crippen LogP contribution in [-0.2, 0) is 4.79 Å². The zero-order chi connectivity index (χ0) is 13.0. The number of nitrogens with one attached hydrogen (secondary N) is 1. The molecule has 92 valence electrons. The molecule has 2 atom stereocenters. The summed E-state index contributed by atoms with van der Waals surface area (Å²) >= 11 is 2.05. The highest BCUT2D eigenvalue weighted by Gasteiger charge is 2.25. The molecule has 0 aromatic heterocycles. The lowest BCUT2D eigenvalue weighted by molar-refractivity contribution is -0.141. The summed E-state index contributed by atoms with van der Waals surface area (Å²) in [4.78, 5) is 22.5. The van der Waals surface area contributed by atoms with Gasteiger partial charge in [-0.15, -0.1) is 0 Å². The van der Waals surface area contributed by atoms with Gasteiger partial charge in [0, 0.05) is 9.13 Å². The van der Waals surface area contributed by atoms with Gasteiger partial charge in [-0.2, -0.15) is 0 Å². The van der Waals surface area contributed by atoms with Crippen molar-refractivity contribution in [3.8, 4) is 0 Å². The van der Waals surface area contributed by atoms with Gasteiger partial charge in [0.2, 0.25) is 0 Å². The molecule has 0 bridgehead atoms. The number of aliphatic carboxylic acids is 1. The molecule has 5 nitrogen and oxygen atoms in total. The number of carboxylic acid groups (broad SMARTS) is 1. The van der Waals surface area contributed by atoms with E-state index in [0.29, 0.717) is 5.56 Å². The van der Waals surface area contributed by atoms with Gasteiger partial charge in [0.05, 0.1) is 6.10 Å². The van der Waals surface area contributed by atoms with E-state index in [-0.39, 0.29) is 0 Å². The Kier molecular flexibility index (Phi) is 4.88. The van der Waals surface area contributed by atoms with E-state index in [4.69, 9.17) is 5.11 Å². The van der Waals surface area contributed by atoms with Crippen LogP contribution < -0.4 is 5.32 Å². The lowest BCUT2D eigenvalue weighted by Crippen LogP contribution is -2.47. The van der Waals surface area contributed by atoms with Gasteiger partial charge in [-0.05, 0) is 47.7 Å². The standard InChI is InChI=1S/C11H12INO4/c1-6(14)9(11(16)17)13-10(15)7-3-2-4-8(12)5-7/h2-6,9,14H,1H3,(H,13,15)(H,16,17). The van der Waals surface area contributed by atoms with E-state index in [2.05, 4.69) is 27.9 Å². The maximum atomic E-state index is 11.7. The van der Waals surface area contributed by atoms with E-state index in [9.17, 15) is 14.7 Å². The molecule has 2 unspecified atom stereocenters. The second-order valence-electron chi connectivity index (χ2n) is 3.54. The smallest absolute Gasteiger partial charge is 0.328 e. The van der Waals surface area contributed by atoms with Gasteiger partial charge >= 0.3 is 5.97 Å². The summed E-state index contributed by atoms with van der Waals surface area (Å²) in [5.41, 5.74) is 0.365. The van der Waals surface area contributed by atoms with Crippen molar-refractivity contribution < 1.29 is 19.8 Å². The first-order chi connectivity index (χ1) is 7.91. The molecule has 0 fully saturated rings. The number of benzene rings is 1. The van der Waals surface area contributed by atoms with E-state index >= 15 is 0 Å². The third-order valence-corrected chi connectivity index (χ3v) is 2.79. The molecule has 0 spiro atoms. The minimum atomic E-state index is -1.31. The number of amides is 1. The topological polar surface area (TPSA) is 86.6 Å². The second kappa shape index (κ2) is 5.97. The first kappa shape index (κ1) is 13.9. The molecule has 17 heavy (non-hydrogen) atoms. The number of carbonyl (C=O) groups is 2. The number of rotatable bonds is 4. The second-order valence-corrected chi connectivity index (χ2v) is 4.79. The summed E-state index contributed by atoms with van der Waals surface area (Å²) in [5, 5.41) is 20.3. The molecule has 0 aliphatic carbocycles. The monoisotopic (exact) mass is 349 g/mol. The Hall–Kier alpha value is -1.15. The van der Waals surface area contributed by atoms with Crippen molar-refractivity contribution in [3.05, 3.63) is 33.4 Å². The number of halogens is 1. The predicted molar refractivity (Wildman–Crippen MR) is 69.7 cm³/mol. The molecule has 0 saturated carbocycles. The van der Waals surface area contributed by atoms with E-state index < -0.39 is 24.0 Å². The highest BCUT2D eigenvalue weighted by molar-refractivity contribution is 14.1. The highest BCUT2D eigenvalue weighted by Crippen LogP contribution is 2.08. The van der Waals surface area contributed by atoms with Gasteiger partial charge < -0.3 is 15.5 Å². The number of carbonyl (C=O) groups excluding carboxylic acids is 1. The van der Waals surface area contributed by atoms with E-state index in [1.807, 2.05) is 6.07 Å². The van der Waals surface area contributed by atoms with Crippen LogP contribution in [0.2, 0.25) is 0 Å². The summed E-state index contributed by atoms with van der Waals surface area (Å²) in [6, 6.07) is 5.44. The summed E-state index contributed by atoms with van der Waals surface area (Å²) in [5.74, 6) is -1.78. The van der Waals surface area contributed by atoms with Crippen molar-refractivity contribution in [1.29, 1.82) is 0 Å². The molecule has 0 heterocycles. The van der Waals surface area contributed by atoms with Crippen molar-refractivity contribution in [2.45, 2.75) is 19.1 Å². The molecule has 0 radical (unpaired) electrons. The fourth-order valence-electron chi connectivity index (χ4n) is 1.24. The summed E-state index contributed by atoms with van der Waals surface area (Å²) in [6.45, 7) is 1.31. The summed E-state index contributed by atoms with van der Waals surface area (Å²) in [6.07, 6.45) is -1.15. The molecule has 0 saturated heterocycles. The Morgan fingerprint density at radius 2 is 2.06 bits per heavy atom. The van der Waals surface area contributed by atoms with Crippen molar-refractivity contribution in [3.63, 3.8) is 0 Å². The zero-order valence-corrected chi connectivity index (χ0v) is 11.2. The maximum absolute atomic E-state index is 11.7. The quantitative estimate of drug-likeness (QED) is 0.704. The SMILES string of the molecule is CC(O)C(NC(=O)c1cccc(I)c1)C(=O)O. The van der Waals surface area contributed by atoms with Gasteiger partial charge in [-0.3, -0.25) is 4.79 Å². The van der Waals surface area contributed by atoms with Crippen LogP contribution in [0.3, 0.4) is 0 Å². The van der Waals surface area contributed by atoms with E-state index in [1.165, 1.54) is 6.92 Å². The van der Waals surface area contributed by atoms with Gasteiger partial charge in [0.1, 0.15) is 0 Å².